The Kier molecular flexibility index (Phi) is 4.51. The summed E-state index contributed by atoms with van der Waals surface area (Å²) in [5.74, 6) is 1.00. The summed E-state index contributed by atoms with van der Waals surface area (Å²) in [7, 11) is 0. The molecule has 0 fully saturated rings. The quantitative estimate of drug-likeness (QED) is 0.647. The van der Waals surface area contributed by atoms with Crippen LogP contribution in [0.25, 0.3) is 11.6 Å². The van der Waals surface area contributed by atoms with Crippen LogP contribution in [-0.2, 0) is 19.1 Å². The summed E-state index contributed by atoms with van der Waals surface area (Å²) < 4.78 is 45.5. The molecule has 142 valence electrons. The lowest BCUT2D eigenvalue weighted by atomic mass is 10.1. The fourth-order valence-electron chi connectivity index (χ4n) is 3.23. The third kappa shape index (κ3) is 3.56. The number of aryl methyl sites for hydroxylation is 1. The molecule has 2 aromatic heterocycles. The first-order chi connectivity index (χ1) is 13.4. The zero-order valence-electron chi connectivity index (χ0n) is 14.7. The third-order valence-corrected chi connectivity index (χ3v) is 4.58. The lowest BCUT2D eigenvalue weighted by Crippen LogP contribution is -2.23. The van der Waals surface area contributed by atoms with Crippen LogP contribution in [0.3, 0.4) is 0 Å². The van der Waals surface area contributed by atoms with Gasteiger partial charge >= 0.3 is 6.18 Å². The number of hydrogen-bond acceptors (Lipinski definition) is 5. The number of hydrogen-bond donors (Lipinski definition) is 0. The molecule has 0 radical (unpaired) electrons. The van der Waals surface area contributed by atoms with Crippen LogP contribution in [0.5, 0.6) is 0 Å². The summed E-state index contributed by atoms with van der Waals surface area (Å²) in [5.41, 5.74) is 0.873. The number of oxazole rings is 1. The standard InChI is InChI=1S/C20H15F3N4O/c21-20(22,23)14-8-13(11-24)9-15(10-14)27-7-3-5-16-18(12-27)28-19(26-16)17-4-1-2-6-25-17/h1-2,4,6,8-10H,3,5,7,12H2. The van der Waals surface area contributed by atoms with Gasteiger partial charge in [0.25, 0.3) is 0 Å². The first-order valence-electron chi connectivity index (χ1n) is 8.71. The lowest BCUT2D eigenvalue weighted by molar-refractivity contribution is -0.137. The number of alkyl halides is 3. The summed E-state index contributed by atoms with van der Waals surface area (Å²) in [4.78, 5) is 10.5. The predicted octanol–water partition coefficient (Wildman–Crippen LogP) is 4.58. The number of fused-ring (bicyclic) bond motifs is 1. The molecule has 1 aromatic carbocycles. The molecule has 0 bridgehead atoms. The zero-order chi connectivity index (χ0) is 19.7. The second-order valence-corrected chi connectivity index (χ2v) is 6.51. The molecule has 1 aliphatic rings. The van der Waals surface area contributed by atoms with Gasteiger partial charge in [-0.15, -0.1) is 0 Å². The number of aromatic nitrogens is 2. The maximum atomic E-state index is 13.2. The molecule has 0 unspecified atom stereocenters. The number of nitriles is 1. The van der Waals surface area contributed by atoms with E-state index in [1.54, 1.807) is 23.2 Å². The molecule has 0 aliphatic carbocycles. The van der Waals surface area contributed by atoms with Crippen LogP contribution in [-0.4, -0.2) is 16.5 Å². The van der Waals surface area contributed by atoms with Crippen LogP contribution in [0.15, 0.2) is 47.0 Å². The van der Waals surface area contributed by atoms with Crippen LogP contribution in [0, 0.1) is 11.3 Å². The van der Waals surface area contributed by atoms with E-state index in [9.17, 15) is 13.2 Å². The Balaban J connectivity index is 1.68. The van der Waals surface area contributed by atoms with E-state index in [2.05, 4.69) is 9.97 Å². The lowest BCUT2D eigenvalue weighted by Gasteiger charge is -2.23. The average Bonchev–Trinajstić information content (AvgIpc) is 2.99. The molecule has 0 atom stereocenters. The van der Waals surface area contributed by atoms with Gasteiger partial charge in [-0.05, 0) is 43.2 Å². The molecule has 3 aromatic rings. The van der Waals surface area contributed by atoms with Crippen LogP contribution < -0.4 is 4.90 Å². The summed E-state index contributed by atoms with van der Waals surface area (Å²) in [6.07, 6.45) is -1.51. The molecule has 0 spiro atoms. The van der Waals surface area contributed by atoms with Crippen molar-refractivity contribution in [2.45, 2.75) is 25.6 Å². The van der Waals surface area contributed by atoms with Crippen LogP contribution >= 0.6 is 0 Å². The molecular formula is C20H15F3N4O. The molecule has 0 saturated carbocycles. The van der Waals surface area contributed by atoms with E-state index in [4.69, 9.17) is 9.68 Å². The van der Waals surface area contributed by atoms with E-state index in [-0.39, 0.29) is 12.1 Å². The third-order valence-electron chi connectivity index (χ3n) is 4.58. The normalized spacial score (nSPS) is 14.3. The minimum Gasteiger partial charge on any atom is -0.438 e. The number of nitrogens with zero attached hydrogens (tertiary/aromatic N) is 4. The summed E-state index contributed by atoms with van der Waals surface area (Å²) in [5, 5.41) is 9.12. The first kappa shape index (κ1) is 18.0. The second-order valence-electron chi connectivity index (χ2n) is 6.51. The Labute approximate surface area is 159 Å². The maximum Gasteiger partial charge on any atom is 0.416 e. The summed E-state index contributed by atoms with van der Waals surface area (Å²) >= 11 is 0. The Morgan fingerprint density at radius 2 is 2.04 bits per heavy atom. The van der Waals surface area contributed by atoms with Crippen molar-refractivity contribution >= 4 is 5.69 Å². The molecule has 0 saturated heterocycles. The van der Waals surface area contributed by atoms with Gasteiger partial charge < -0.3 is 9.32 Å². The van der Waals surface area contributed by atoms with Gasteiger partial charge in [0, 0.05) is 18.4 Å². The fourth-order valence-corrected chi connectivity index (χ4v) is 3.23. The van der Waals surface area contributed by atoms with Gasteiger partial charge in [0.15, 0.2) is 0 Å². The Bertz CT molecular complexity index is 1040. The number of benzene rings is 1. The van der Waals surface area contributed by atoms with E-state index in [1.165, 1.54) is 6.07 Å². The Morgan fingerprint density at radius 3 is 2.75 bits per heavy atom. The van der Waals surface area contributed by atoms with E-state index in [0.717, 1.165) is 17.8 Å². The average molecular weight is 384 g/mol. The van der Waals surface area contributed by atoms with Crippen LogP contribution in [0.4, 0.5) is 18.9 Å². The minimum atomic E-state index is -4.52. The van der Waals surface area contributed by atoms with Gasteiger partial charge in [-0.1, -0.05) is 6.07 Å². The molecule has 0 N–H and O–H groups in total. The van der Waals surface area contributed by atoms with E-state index in [0.29, 0.717) is 42.4 Å². The molecule has 3 heterocycles. The monoisotopic (exact) mass is 384 g/mol. The molecular weight excluding hydrogens is 369 g/mol. The molecule has 8 heteroatoms. The molecule has 4 rings (SSSR count). The maximum absolute atomic E-state index is 13.2. The van der Waals surface area contributed by atoms with Crippen molar-refractivity contribution in [1.29, 1.82) is 5.26 Å². The number of anilines is 1. The van der Waals surface area contributed by atoms with Crippen molar-refractivity contribution in [3.8, 4) is 17.7 Å². The Hall–Kier alpha value is -3.34. The highest BCUT2D eigenvalue weighted by Gasteiger charge is 2.32. The molecule has 0 amide bonds. The van der Waals surface area contributed by atoms with Gasteiger partial charge in [-0.2, -0.15) is 18.4 Å². The largest absolute Gasteiger partial charge is 0.438 e. The van der Waals surface area contributed by atoms with E-state index < -0.39 is 11.7 Å². The van der Waals surface area contributed by atoms with Crippen LogP contribution in [0.1, 0.15) is 29.0 Å². The minimum absolute atomic E-state index is 0.0268. The smallest absolute Gasteiger partial charge is 0.416 e. The van der Waals surface area contributed by atoms with E-state index in [1.807, 2.05) is 12.1 Å². The van der Waals surface area contributed by atoms with Crippen molar-refractivity contribution < 1.29 is 17.6 Å². The molecule has 5 nitrogen and oxygen atoms in total. The highest BCUT2D eigenvalue weighted by molar-refractivity contribution is 5.55. The van der Waals surface area contributed by atoms with Gasteiger partial charge in [-0.25, -0.2) is 4.98 Å². The number of rotatable bonds is 2. The van der Waals surface area contributed by atoms with Crippen LogP contribution in [0.2, 0.25) is 0 Å². The summed E-state index contributed by atoms with van der Waals surface area (Å²) in [6, 6.07) is 10.6. The molecule has 28 heavy (non-hydrogen) atoms. The molecule has 1 aliphatic heterocycles. The van der Waals surface area contributed by atoms with Gasteiger partial charge in [0.2, 0.25) is 5.89 Å². The van der Waals surface area contributed by atoms with Crippen molar-refractivity contribution in [2.75, 3.05) is 11.4 Å². The van der Waals surface area contributed by atoms with E-state index >= 15 is 0 Å². The number of pyridine rings is 1. The van der Waals surface area contributed by atoms with Crippen molar-refractivity contribution in [2.24, 2.45) is 0 Å². The predicted molar refractivity (Wildman–Crippen MR) is 95.3 cm³/mol. The van der Waals surface area contributed by atoms with Gasteiger partial charge in [0.05, 0.1) is 29.4 Å². The first-order valence-corrected chi connectivity index (χ1v) is 8.71. The highest BCUT2D eigenvalue weighted by atomic mass is 19.4. The topological polar surface area (TPSA) is 66.0 Å². The SMILES string of the molecule is N#Cc1cc(N2CCCc3nc(-c4ccccn4)oc3C2)cc(C(F)(F)F)c1. The van der Waals surface area contributed by atoms with Crippen molar-refractivity contribution in [3.63, 3.8) is 0 Å². The fraction of sp³-hybridized carbons (Fsp3) is 0.250. The number of halogens is 3. The van der Waals surface area contributed by atoms with Gasteiger partial charge in [0.1, 0.15) is 11.5 Å². The highest BCUT2D eigenvalue weighted by Crippen LogP contribution is 2.34. The Morgan fingerprint density at radius 1 is 1.18 bits per heavy atom. The second kappa shape index (κ2) is 7.00. The van der Waals surface area contributed by atoms with Crippen molar-refractivity contribution in [1.82, 2.24) is 9.97 Å². The summed E-state index contributed by atoms with van der Waals surface area (Å²) in [6.45, 7) is 0.818. The van der Waals surface area contributed by atoms with Crippen molar-refractivity contribution in [3.05, 3.63) is 65.2 Å². The van der Waals surface area contributed by atoms with Gasteiger partial charge in [-0.3, -0.25) is 4.98 Å². The zero-order valence-corrected chi connectivity index (χ0v) is 14.7.